The Labute approximate surface area is 86.8 Å². The molecule has 80 valence electrons. The van der Waals surface area contributed by atoms with Crippen LogP contribution in [-0.4, -0.2) is 20.5 Å². The molecular weight excluding hydrogens is 226 g/mol. The first-order valence-electron chi connectivity index (χ1n) is 3.98. The molecule has 2 rings (SSSR count). The molecule has 0 aliphatic rings. The number of rotatable bonds is 2. The number of carboxylic acids is 1. The summed E-state index contributed by atoms with van der Waals surface area (Å²) in [5.41, 5.74) is -0.541. The number of hydrogen-bond donors (Lipinski definition) is 1. The predicted molar refractivity (Wildman–Crippen MR) is 49.3 cm³/mol. The van der Waals surface area contributed by atoms with Gasteiger partial charge in [-0.05, 0) is 6.92 Å². The van der Waals surface area contributed by atoms with E-state index in [0.29, 0.717) is 4.96 Å². The van der Waals surface area contributed by atoms with E-state index in [1.807, 2.05) is 0 Å². The second kappa shape index (κ2) is 2.99. The summed E-state index contributed by atoms with van der Waals surface area (Å²) < 4.78 is 27.8. The van der Waals surface area contributed by atoms with Gasteiger partial charge in [-0.15, -0.1) is 11.3 Å². The topological polar surface area (TPSA) is 54.6 Å². The zero-order chi connectivity index (χ0) is 11.2. The molecule has 0 saturated carbocycles. The quantitative estimate of drug-likeness (QED) is 0.860. The van der Waals surface area contributed by atoms with E-state index in [1.165, 1.54) is 24.5 Å². The maximum atomic E-state index is 13.3. The minimum atomic E-state index is -3.91. The molecule has 2 aromatic heterocycles. The first kappa shape index (κ1) is 10.0. The van der Waals surface area contributed by atoms with Crippen molar-refractivity contribution in [3.05, 3.63) is 23.0 Å². The summed E-state index contributed by atoms with van der Waals surface area (Å²) in [6.45, 7) is 1.37. The van der Waals surface area contributed by atoms with Gasteiger partial charge in [0.25, 0.3) is 0 Å². The molecular formula is C8H6F2N2O2S. The summed E-state index contributed by atoms with van der Waals surface area (Å²) >= 11 is 1.18. The van der Waals surface area contributed by atoms with Crippen LogP contribution in [0.15, 0.2) is 11.6 Å². The molecule has 2 heterocycles. The van der Waals surface area contributed by atoms with Gasteiger partial charge in [-0.2, -0.15) is 8.78 Å². The summed E-state index contributed by atoms with van der Waals surface area (Å²) in [5, 5.41) is 10.0. The minimum Gasteiger partial charge on any atom is -0.476 e. The van der Waals surface area contributed by atoms with E-state index in [9.17, 15) is 13.6 Å². The van der Waals surface area contributed by atoms with Gasteiger partial charge >= 0.3 is 11.9 Å². The number of nitrogens with zero attached hydrogens (tertiary/aromatic N) is 2. The van der Waals surface area contributed by atoms with Gasteiger partial charge in [-0.25, -0.2) is 9.78 Å². The zero-order valence-electron chi connectivity index (χ0n) is 7.57. The summed E-state index contributed by atoms with van der Waals surface area (Å²) in [6.07, 6.45) is 1.38. The van der Waals surface area contributed by atoms with Crippen LogP contribution in [0, 0.1) is 6.92 Å². The van der Waals surface area contributed by atoms with Crippen molar-refractivity contribution in [2.24, 2.45) is 0 Å². The minimum absolute atomic E-state index is 0.0363. The molecule has 1 N–H and O–H groups in total. The lowest BCUT2D eigenvalue weighted by molar-refractivity contribution is -0.167. The molecule has 0 saturated heterocycles. The number of aryl methyl sites for hydroxylation is 1. The molecule has 0 aromatic carbocycles. The van der Waals surface area contributed by atoms with Crippen LogP contribution < -0.4 is 0 Å². The first-order valence-corrected chi connectivity index (χ1v) is 4.86. The number of aliphatic carboxylic acids is 1. The Morgan fingerprint density at radius 3 is 2.93 bits per heavy atom. The number of thiazole rings is 1. The van der Waals surface area contributed by atoms with Gasteiger partial charge in [0.05, 0.1) is 5.69 Å². The number of aromatic nitrogens is 2. The van der Waals surface area contributed by atoms with Crippen LogP contribution in [0.2, 0.25) is 0 Å². The fourth-order valence-electron chi connectivity index (χ4n) is 1.37. The monoisotopic (exact) mass is 232 g/mol. The smallest absolute Gasteiger partial charge is 0.384 e. The van der Waals surface area contributed by atoms with Gasteiger partial charge in [-0.3, -0.25) is 4.40 Å². The molecule has 0 fully saturated rings. The highest BCUT2D eigenvalue weighted by molar-refractivity contribution is 7.15. The molecule has 15 heavy (non-hydrogen) atoms. The van der Waals surface area contributed by atoms with Gasteiger partial charge in [0, 0.05) is 11.6 Å². The van der Waals surface area contributed by atoms with E-state index in [1.54, 1.807) is 5.38 Å². The number of alkyl halides is 2. The second-order valence-corrected chi connectivity index (χ2v) is 3.85. The summed E-state index contributed by atoms with van der Waals surface area (Å²) in [4.78, 5) is 14.7. The van der Waals surface area contributed by atoms with Crippen molar-refractivity contribution in [2.45, 2.75) is 12.8 Å². The number of hydrogen-bond acceptors (Lipinski definition) is 3. The molecule has 2 aromatic rings. The highest BCUT2D eigenvalue weighted by Crippen LogP contribution is 2.32. The van der Waals surface area contributed by atoms with Gasteiger partial charge in [0.15, 0.2) is 4.96 Å². The van der Waals surface area contributed by atoms with E-state index < -0.39 is 17.6 Å². The molecule has 0 radical (unpaired) electrons. The lowest BCUT2D eigenvalue weighted by Gasteiger charge is -2.10. The van der Waals surface area contributed by atoms with Crippen molar-refractivity contribution >= 4 is 22.3 Å². The highest BCUT2D eigenvalue weighted by Gasteiger charge is 2.45. The molecule has 4 nitrogen and oxygen atoms in total. The predicted octanol–water partition coefficient (Wildman–Crippen LogP) is 1.88. The maximum Gasteiger partial charge on any atom is 0.384 e. The van der Waals surface area contributed by atoms with Gasteiger partial charge in [0.1, 0.15) is 5.69 Å². The number of imidazole rings is 1. The van der Waals surface area contributed by atoms with E-state index in [2.05, 4.69) is 4.98 Å². The van der Waals surface area contributed by atoms with E-state index >= 15 is 0 Å². The normalized spacial score (nSPS) is 12.2. The third-order valence-corrected chi connectivity index (χ3v) is 2.76. The standard InChI is InChI=1S/C8H6F2N2O2S/c1-4-5(8(9,10)6(13)14)12-2-3-15-7(12)11-4/h2-3H,1H3,(H,13,14). The van der Waals surface area contributed by atoms with Crippen LogP contribution in [0.4, 0.5) is 8.78 Å². The van der Waals surface area contributed by atoms with Crippen LogP contribution >= 0.6 is 11.3 Å². The number of fused-ring (bicyclic) bond motifs is 1. The highest BCUT2D eigenvalue weighted by atomic mass is 32.1. The Bertz CT molecular complexity index is 532. The van der Waals surface area contributed by atoms with Crippen molar-refractivity contribution in [2.75, 3.05) is 0 Å². The van der Waals surface area contributed by atoms with Crippen molar-refractivity contribution in [1.29, 1.82) is 0 Å². The van der Waals surface area contributed by atoms with Gasteiger partial charge < -0.3 is 5.11 Å². The third-order valence-electron chi connectivity index (χ3n) is 2.00. The number of halogens is 2. The summed E-state index contributed by atoms with van der Waals surface area (Å²) in [7, 11) is 0. The fourth-order valence-corrected chi connectivity index (χ4v) is 2.13. The Hall–Kier alpha value is -1.50. The Morgan fingerprint density at radius 1 is 1.67 bits per heavy atom. The van der Waals surface area contributed by atoms with Crippen molar-refractivity contribution < 1.29 is 18.7 Å². The van der Waals surface area contributed by atoms with Crippen molar-refractivity contribution in [1.82, 2.24) is 9.38 Å². The van der Waals surface area contributed by atoms with Crippen molar-refractivity contribution in [3.63, 3.8) is 0 Å². The van der Waals surface area contributed by atoms with Crippen LogP contribution in [-0.2, 0) is 10.7 Å². The molecule has 0 amide bonds. The van der Waals surface area contributed by atoms with Crippen LogP contribution in [0.25, 0.3) is 4.96 Å². The van der Waals surface area contributed by atoms with E-state index in [0.717, 1.165) is 4.40 Å². The van der Waals surface area contributed by atoms with Gasteiger partial charge in [-0.1, -0.05) is 0 Å². The molecule has 0 aliphatic carbocycles. The fraction of sp³-hybridized carbons (Fsp3) is 0.250. The van der Waals surface area contributed by atoms with E-state index in [4.69, 9.17) is 5.11 Å². The van der Waals surface area contributed by atoms with Crippen molar-refractivity contribution in [3.8, 4) is 0 Å². The number of carboxylic acid groups (broad SMARTS) is 1. The molecule has 0 spiro atoms. The lowest BCUT2D eigenvalue weighted by Crippen LogP contribution is -2.27. The Morgan fingerprint density at radius 2 is 2.33 bits per heavy atom. The maximum absolute atomic E-state index is 13.3. The number of carbonyl (C=O) groups is 1. The second-order valence-electron chi connectivity index (χ2n) is 2.98. The SMILES string of the molecule is Cc1nc2sccn2c1C(F)(F)C(=O)O. The molecule has 0 bridgehead atoms. The summed E-state index contributed by atoms with van der Waals surface area (Å²) in [6, 6.07) is 0. The summed E-state index contributed by atoms with van der Waals surface area (Å²) in [5.74, 6) is -6.08. The Kier molecular flexibility index (Phi) is 2.00. The van der Waals surface area contributed by atoms with Gasteiger partial charge in [0.2, 0.25) is 0 Å². The zero-order valence-corrected chi connectivity index (χ0v) is 8.39. The molecule has 0 unspecified atom stereocenters. The average molecular weight is 232 g/mol. The lowest BCUT2D eigenvalue weighted by atomic mass is 10.2. The Balaban J connectivity index is 2.74. The molecule has 0 aliphatic heterocycles. The van der Waals surface area contributed by atoms with E-state index in [-0.39, 0.29) is 5.69 Å². The van der Waals surface area contributed by atoms with Crippen LogP contribution in [0.1, 0.15) is 11.4 Å². The molecule has 7 heteroatoms. The molecule has 0 atom stereocenters. The largest absolute Gasteiger partial charge is 0.476 e. The first-order chi connectivity index (χ1) is 6.94. The third kappa shape index (κ3) is 1.30. The average Bonchev–Trinajstić information content (AvgIpc) is 2.61. The van der Waals surface area contributed by atoms with Crippen LogP contribution in [0.5, 0.6) is 0 Å². The van der Waals surface area contributed by atoms with Crippen LogP contribution in [0.3, 0.4) is 0 Å².